The number of allylic oxidation sites excluding steroid dienone is 1. The van der Waals surface area contributed by atoms with Crippen molar-refractivity contribution in [2.45, 2.75) is 0 Å². The molecular weight excluding hydrogens is 213 g/mol. The summed E-state index contributed by atoms with van der Waals surface area (Å²) in [6.07, 6.45) is 1.74. The van der Waals surface area contributed by atoms with Crippen LogP contribution in [0.25, 0.3) is 11.6 Å². The van der Waals surface area contributed by atoms with Crippen LogP contribution in [0.4, 0.5) is 4.39 Å². The molecule has 0 unspecified atom stereocenters. The van der Waals surface area contributed by atoms with Crippen LogP contribution in [0, 0.1) is 17.1 Å². The van der Waals surface area contributed by atoms with Gasteiger partial charge in [0.1, 0.15) is 5.82 Å². The summed E-state index contributed by atoms with van der Waals surface area (Å²) in [5, 5.41) is 9.10. The Kier molecular flexibility index (Phi) is 3.32. The second-order valence-electron chi connectivity index (χ2n) is 3.59. The minimum atomic E-state index is -0.277. The lowest BCUT2D eigenvalue weighted by atomic mass is 10.0. The van der Waals surface area contributed by atoms with Gasteiger partial charge < -0.3 is 0 Å². The zero-order chi connectivity index (χ0) is 12.1. The number of rotatable bonds is 2. The number of halogens is 1. The zero-order valence-electron chi connectivity index (χ0n) is 9.10. The Labute approximate surface area is 99.5 Å². The fourth-order valence-corrected chi connectivity index (χ4v) is 1.52. The van der Waals surface area contributed by atoms with E-state index in [1.165, 1.54) is 12.1 Å². The summed E-state index contributed by atoms with van der Waals surface area (Å²) in [6.45, 7) is 0. The molecule has 2 aromatic rings. The third kappa shape index (κ3) is 2.79. The molecule has 0 saturated carbocycles. The van der Waals surface area contributed by atoms with Crippen molar-refractivity contribution in [3.63, 3.8) is 0 Å². The van der Waals surface area contributed by atoms with Gasteiger partial charge in [0.2, 0.25) is 0 Å². The molecule has 0 aromatic heterocycles. The van der Waals surface area contributed by atoms with Crippen molar-refractivity contribution in [1.82, 2.24) is 0 Å². The fourth-order valence-electron chi connectivity index (χ4n) is 1.52. The quantitative estimate of drug-likeness (QED) is 0.559. The largest absolute Gasteiger partial charge is 0.207 e. The molecule has 0 aliphatic heterocycles. The molecule has 17 heavy (non-hydrogen) atoms. The Morgan fingerprint density at radius 3 is 2.24 bits per heavy atom. The number of nitrogens with zero attached hydrogens (tertiary/aromatic N) is 1. The third-order valence-corrected chi connectivity index (χ3v) is 2.39. The van der Waals surface area contributed by atoms with Crippen molar-refractivity contribution < 1.29 is 4.39 Å². The molecule has 2 heteroatoms. The van der Waals surface area contributed by atoms with Crippen LogP contribution in [0.5, 0.6) is 0 Å². The molecule has 0 aliphatic rings. The summed E-state index contributed by atoms with van der Waals surface area (Å²) in [5.74, 6) is -0.277. The topological polar surface area (TPSA) is 23.8 Å². The highest BCUT2D eigenvalue weighted by molar-refractivity contribution is 5.89. The molecule has 0 heterocycles. The minimum absolute atomic E-state index is 0.277. The Balaban J connectivity index is 2.37. The first-order valence-corrected chi connectivity index (χ1v) is 5.22. The van der Waals surface area contributed by atoms with E-state index in [2.05, 4.69) is 6.07 Å². The molecule has 0 bridgehead atoms. The summed E-state index contributed by atoms with van der Waals surface area (Å²) in [4.78, 5) is 0. The van der Waals surface area contributed by atoms with E-state index < -0.39 is 0 Å². The highest BCUT2D eigenvalue weighted by Crippen LogP contribution is 2.17. The predicted molar refractivity (Wildman–Crippen MR) is 66.3 cm³/mol. The van der Waals surface area contributed by atoms with Gasteiger partial charge in [0.25, 0.3) is 0 Å². The molecule has 2 rings (SSSR count). The first kappa shape index (κ1) is 11.1. The number of hydrogen-bond acceptors (Lipinski definition) is 1. The van der Waals surface area contributed by atoms with Crippen molar-refractivity contribution in [2.75, 3.05) is 0 Å². The van der Waals surface area contributed by atoms with E-state index in [1.54, 1.807) is 18.2 Å². The average molecular weight is 223 g/mol. The molecule has 0 aliphatic carbocycles. The van der Waals surface area contributed by atoms with Gasteiger partial charge in [0.15, 0.2) is 0 Å². The van der Waals surface area contributed by atoms with E-state index in [0.717, 1.165) is 11.1 Å². The lowest BCUT2D eigenvalue weighted by Crippen LogP contribution is -1.81. The predicted octanol–water partition coefficient (Wildman–Crippen LogP) is 3.89. The molecule has 0 spiro atoms. The summed E-state index contributed by atoms with van der Waals surface area (Å²) < 4.78 is 12.7. The molecule has 0 N–H and O–H groups in total. The van der Waals surface area contributed by atoms with Crippen molar-refractivity contribution in [2.24, 2.45) is 0 Å². The van der Waals surface area contributed by atoms with Crippen LogP contribution in [0.1, 0.15) is 11.1 Å². The van der Waals surface area contributed by atoms with Gasteiger partial charge in [-0.2, -0.15) is 5.26 Å². The van der Waals surface area contributed by atoms with E-state index in [1.807, 2.05) is 30.3 Å². The van der Waals surface area contributed by atoms with Gasteiger partial charge in [-0.3, -0.25) is 0 Å². The van der Waals surface area contributed by atoms with Gasteiger partial charge in [-0.1, -0.05) is 42.5 Å². The number of benzene rings is 2. The van der Waals surface area contributed by atoms with Crippen LogP contribution < -0.4 is 0 Å². The van der Waals surface area contributed by atoms with Gasteiger partial charge in [-0.15, -0.1) is 0 Å². The standard InChI is InChI=1S/C15H10FN/c16-15-8-6-12(7-9-15)10-14(11-17)13-4-2-1-3-5-13/h1-10H/b14-10-. The molecule has 0 radical (unpaired) electrons. The van der Waals surface area contributed by atoms with E-state index in [4.69, 9.17) is 5.26 Å². The first-order chi connectivity index (χ1) is 8.29. The molecule has 2 aromatic carbocycles. The van der Waals surface area contributed by atoms with Crippen molar-refractivity contribution >= 4 is 11.6 Å². The first-order valence-electron chi connectivity index (χ1n) is 5.22. The van der Waals surface area contributed by atoms with Gasteiger partial charge in [0.05, 0.1) is 11.6 Å². The van der Waals surface area contributed by atoms with Gasteiger partial charge >= 0.3 is 0 Å². The minimum Gasteiger partial charge on any atom is -0.207 e. The lowest BCUT2D eigenvalue weighted by Gasteiger charge is -1.99. The zero-order valence-corrected chi connectivity index (χ0v) is 9.10. The Morgan fingerprint density at radius 2 is 1.65 bits per heavy atom. The second kappa shape index (κ2) is 5.09. The van der Waals surface area contributed by atoms with E-state index in [9.17, 15) is 4.39 Å². The van der Waals surface area contributed by atoms with Gasteiger partial charge in [0, 0.05) is 0 Å². The Hall–Kier alpha value is -2.40. The fraction of sp³-hybridized carbons (Fsp3) is 0. The molecular formula is C15H10FN. The van der Waals surface area contributed by atoms with Crippen LogP contribution in [0.3, 0.4) is 0 Å². The van der Waals surface area contributed by atoms with E-state index in [0.29, 0.717) is 5.57 Å². The maximum Gasteiger partial charge on any atom is 0.123 e. The summed E-state index contributed by atoms with van der Waals surface area (Å²) in [6, 6.07) is 17.6. The molecule has 0 saturated heterocycles. The average Bonchev–Trinajstić information content (AvgIpc) is 2.39. The van der Waals surface area contributed by atoms with Gasteiger partial charge in [-0.05, 0) is 29.3 Å². The molecule has 82 valence electrons. The summed E-state index contributed by atoms with van der Waals surface area (Å²) in [5.41, 5.74) is 2.24. The van der Waals surface area contributed by atoms with Crippen molar-refractivity contribution in [3.05, 3.63) is 71.5 Å². The van der Waals surface area contributed by atoms with Crippen LogP contribution in [-0.2, 0) is 0 Å². The Bertz CT molecular complexity index is 562. The highest BCUT2D eigenvalue weighted by Gasteiger charge is 1.99. The summed E-state index contributed by atoms with van der Waals surface area (Å²) >= 11 is 0. The SMILES string of the molecule is N#C/C(=C/c1ccc(F)cc1)c1ccccc1. The maximum atomic E-state index is 12.7. The molecule has 1 nitrogen and oxygen atoms in total. The number of nitriles is 1. The lowest BCUT2D eigenvalue weighted by molar-refractivity contribution is 0.628. The van der Waals surface area contributed by atoms with Crippen LogP contribution in [0.15, 0.2) is 54.6 Å². The molecule has 0 amide bonds. The van der Waals surface area contributed by atoms with Gasteiger partial charge in [-0.25, -0.2) is 4.39 Å². The monoisotopic (exact) mass is 223 g/mol. The Morgan fingerprint density at radius 1 is 1.00 bits per heavy atom. The normalized spacial score (nSPS) is 10.9. The summed E-state index contributed by atoms with van der Waals surface area (Å²) in [7, 11) is 0. The van der Waals surface area contributed by atoms with Crippen LogP contribution >= 0.6 is 0 Å². The van der Waals surface area contributed by atoms with Crippen LogP contribution in [0.2, 0.25) is 0 Å². The third-order valence-electron chi connectivity index (χ3n) is 2.39. The van der Waals surface area contributed by atoms with E-state index in [-0.39, 0.29) is 5.82 Å². The van der Waals surface area contributed by atoms with Crippen LogP contribution in [-0.4, -0.2) is 0 Å². The van der Waals surface area contributed by atoms with Crippen molar-refractivity contribution in [1.29, 1.82) is 5.26 Å². The molecule has 0 atom stereocenters. The number of hydrogen-bond donors (Lipinski definition) is 0. The maximum absolute atomic E-state index is 12.7. The van der Waals surface area contributed by atoms with Crippen molar-refractivity contribution in [3.8, 4) is 6.07 Å². The van der Waals surface area contributed by atoms with E-state index >= 15 is 0 Å². The second-order valence-corrected chi connectivity index (χ2v) is 3.59. The highest BCUT2D eigenvalue weighted by atomic mass is 19.1. The smallest absolute Gasteiger partial charge is 0.123 e. The molecule has 0 fully saturated rings.